The Morgan fingerprint density at radius 1 is 1.04 bits per heavy atom. The molecule has 2 aromatic carbocycles. The highest BCUT2D eigenvalue weighted by atomic mass is 16.5. The van der Waals surface area contributed by atoms with Crippen LogP contribution in [0.2, 0.25) is 0 Å². The Hall–Kier alpha value is -2.69. The summed E-state index contributed by atoms with van der Waals surface area (Å²) in [6.07, 6.45) is 1.62. The smallest absolute Gasteiger partial charge is 0.166 e. The van der Waals surface area contributed by atoms with E-state index in [1.807, 2.05) is 37.3 Å². The fraction of sp³-hybridized carbons (Fsp3) is 0.278. The van der Waals surface area contributed by atoms with Gasteiger partial charge in [-0.05, 0) is 43.3 Å². The van der Waals surface area contributed by atoms with Crippen molar-refractivity contribution in [2.75, 3.05) is 26.9 Å². The molecule has 0 aliphatic rings. The number of hydrogen-bond acceptors (Lipinski definition) is 5. The van der Waals surface area contributed by atoms with Gasteiger partial charge in [0.2, 0.25) is 0 Å². The largest absolute Gasteiger partial charge is 0.504 e. The van der Waals surface area contributed by atoms with Crippen molar-refractivity contribution < 1.29 is 19.3 Å². The molecule has 0 radical (unpaired) electrons. The van der Waals surface area contributed by atoms with E-state index in [-0.39, 0.29) is 5.75 Å². The van der Waals surface area contributed by atoms with Crippen LogP contribution in [0, 0.1) is 0 Å². The highest BCUT2D eigenvalue weighted by Gasteiger charge is 2.05. The number of ether oxygens (including phenoxy) is 3. The zero-order valence-electron chi connectivity index (χ0n) is 13.4. The molecule has 0 aliphatic carbocycles. The number of aromatic hydroxyl groups is 1. The molecule has 0 atom stereocenters. The molecule has 0 saturated heterocycles. The Labute approximate surface area is 136 Å². The molecule has 0 unspecified atom stereocenters. The SMILES string of the molecule is CCOc1cccc(C=NCCOc2ccc(OC)cc2)c1O. The molecular weight excluding hydrogens is 294 g/mol. The maximum atomic E-state index is 10.0. The number of rotatable bonds is 8. The predicted octanol–water partition coefficient (Wildman–Crippen LogP) is 3.30. The molecular formula is C18H21NO4. The van der Waals surface area contributed by atoms with E-state index in [0.29, 0.717) is 31.1 Å². The standard InChI is InChI=1S/C18H21NO4/c1-3-22-17-6-4-5-14(18(17)20)13-19-11-12-23-16-9-7-15(21-2)8-10-16/h4-10,13,20H,3,11-12H2,1-2H3. The van der Waals surface area contributed by atoms with Gasteiger partial charge in [0.15, 0.2) is 11.5 Å². The summed E-state index contributed by atoms with van der Waals surface area (Å²) in [4.78, 5) is 4.26. The number of benzene rings is 2. The van der Waals surface area contributed by atoms with E-state index in [1.165, 1.54) is 0 Å². The average molecular weight is 315 g/mol. The van der Waals surface area contributed by atoms with Gasteiger partial charge in [-0.3, -0.25) is 4.99 Å². The molecule has 0 heterocycles. The van der Waals surface area contributed by atoms with Gasteiger partial charge in [0.1, 0.15) is 18.1 Å². The third kappa shape index (κ3) is 4.92. The van der Waals surface area contributed by atoms with Gasteiger partial charge >= 0.3 is 0 Å². The second-order valence-electron chi connectivity index (χ2n) is 4.69. The predicted molar refractivity (Wildman–Crippen MR) is 90.2 cm³/mol. The minimum atomic E-state index is 0.106. The van der Waals surface area contributed by atoms with Crippen LogP contribution in [-0.2, 0) is 0 Å². The van der Waals surface area contributed by atoms with Crippen LogP contribution in [0.1, 0.15) is 12.5 Å². The quantitative estimate of drug-likeness (QED) is 0.600. The molecule has 0 spiro atoms. The van der Waals surface area contributed by atoms with Gasteiger partial charge < -0.3 is 19.3 Å². The van der Waals surface area contributed by atoms with Crippen molar-refractivity contribution in [1.82, 2.24) is 0 Å². The lowest BCUT2D eigenvalue weighted by Crippen LogP contribution is -2.01. The summed E-state index contributed by atoms with van der Waals surface area (Å²) in [6, 6.07) is 12.7. The van der Waals surface area contributed by atoms with Crippen molar-refractivity contribution in [3.63, 3.8) is 0 Å². The van der Waals surface area contributed by atoms with E-state index >= 15 is 0 Å². The Morgan fingerprint density at radius 3 is 2.48 bits per heavy atom. The van der Waals surface area contributed by atoms with Crippen LogP contribution in [0.4, 0.5) is 0 Å². The number of phenolic OH excluding ortho intramolecular Hbond substituents is 1. The minimum absolute atomic E-state index is 0.106. The van der Waals surface area contributed by atoms with Crippen LogP contribution in [0.5, 0.6) is 23.0 Å². The molecule has 0 aliphatic heterocycles. The van der Waals surface area contributed by atoms with Crippen LogP contribution in [0.15, 0.2) is 47.5 Å². The molecule has 5 heteroatoms. The van der Waals surface area contributed by atoms with Crippen LogP contribution >= 0.6 is 0 Å². The molecule has 5 nitrogen and oxygen atoms in total. The van der Waals surface area contributed by atoms with E-state index in [0.717, 1.165) is 11.5 Å². The summed E-state index contributed by atoms with van der Waals surface area (Å²) < 4.78 is 16.0. The summed E-state index contributed by atoms with van der Waals surface area (Å²) in [7, 11) is 1.63. The Bertz CT molecular complexity index is 638. The first-order valence-corrected chi connectivity index (χ1v) is 7.46. The molecule has 1 N–H and O–H groups in total. The van der Waals surface area contributed by atoms with Crippen LogP contribution in [0.25, 0.3) is 0 Å². The zero-order chi connectivity index (χ0) is 16.5. The van der Waals surface area contributed by atoms with E-state index in [1.54, 1.807) is 25.5 Å². The van der Waals surface area contributed by atoms with Crippen molar-refractivity contribution in [3.8, 4) is 23.0 Å². The van der Waals surface area contributed by atoms with Crippen LogP contribution in [-0.4, -0.2) is 38.2 Å². The fourth-order valence-electron chi connectivity index (χ4n) is 1.97. The minimum Gasteiger partial charge on any atom is -0.504 e. The molecule has 0 amide bonds. The highest BCUT2D eigenvalue weighted by Crippen LogP contribution is 2.28. The maximum Gasteiger partial charge on any atom is 0.166 e. The number of aliphatic imine (C=N–C) groups is 1. The normalized spacial score (nSPS) is 10.7. The van der Waals surface area contributed by atoms with Gasteiger partial charge in [-0.1, -0.05) is 6.07 Å². The second kappa shape index (κ2) is 8.68. The first kappa shape index (κ1) is 16.7. The first-order chi connectivity index (χ1) is 11.2. The number of nitrogens with zero attached hydrogens (tertiary/aromatic N) is 1. The monoisotopic (exact) mass is 315 g/mol. The van der Waals surface area contributed by atoms with Crippen molar-refractivity contribution in [3.05, 3.63) is 48.0 Å². The molecule has 122 valence electrons. The van der Waals surface area contributed by atoms with E-state index in [2.05, 4.69) is 4.99 Å². The fourth-order valence-corrected chi connectivity index (χ4v) is 1.97. The molecule has 0 saturated carbocycles. The Kier molecular flexibility index (Phi) is 6.29. The van der Waals surface area contributed by atoms with Gasteiger partial charge in [-0.15, -0.1) is 0 Å². The topological polar surface area (TPSA) is 60.3 Å². The average Bonchev–Trinajstić information content (AvgIpc) is 2.58. The number of phenols is 1. The van der Waals surface area contributed by atoms with Crippen LogP contribution in [0.3, 0.4) is 0 Å². The lowest BCUT2D eigenvalue weighted by atomic mass is 10.2. The van der Waals surface area contributed by atoms with Crippen molar-refractivity contribution in [2.24, 2.45) is 4.99 Å². The van der Waals surface area contributed by atoms with E-state index in [9.17, 15) is 5.11 Å². The molecule has 2 rings (SSSR count). The lowest BCUT2D eigenvalue weighted by molar-refractivity contribution is 0.318. The second-order valence-corrected chi connectivity index (χ2v) is 4.69. The summed E-state index contributed by atoms with van der Waals surface area (Å²) in [5, 5.41) is 10.0. The van der Waals surface area contributed by atoms with Gasteiger partial charge in [0.05, 0.1) is 20.3 Å². The van der Waals surface area contributed by atoms with Gasteiger partial charge in [0, 0.05) is 11.8 Å². The molecule has 23 heavy (non-hydrogen) atoms. The Balaban J connectivity index is 1.83. The summed E-state index contributed by atoms with van der Waals surface area (Å²) >= 11 is 0. The highest BCUT2D eigenvalue weighted by molar-refractivity contribution is 5.84. The zero-order valence-corrected chi connectivity index (χ0v) is 13.4. The lowest BCUT2D eigenvalue weighted by Gasteiger charge is -2.07. The van der Waals surface area contributed by atoms with Crippen molar-refractivity contribution >= 4 is 6.21 Å². The molecule has 0 aromatic heterocycles. The third-order valence-electron chi connectivity index (χ3n) is 3.11. The third-order valence-corrected chi connectivity index (χ3v) is 3.11. The molecule has 0 bridgehead atoms. The summed E-state index contributed by atoms with van der Waals surface area (Å²) in [6.45, 7) is 3.32. The van der Waals surface area contributed by atoms with Gasteiger partial charge in [-0.2, -0.15) is 0 Å². The van der Waals surface area contributed by atoms with Crippen molar-refractivity contribution in [1.29, 1.82) is 0 Å². The number of para-hydroxylation sites is 1. The first-order valence-electron chi connectivity index (χ1n) is 7.46. The van der Waals surface area contributed by atoms with Crippen molar-refractivity contribution in [2.45, 2.75) is 6.92 Å². The van der Waals surface area contributed by atoms with Gasteiger partial charge in [-0.25, -0.2) is 0 Å². The van der Waals surface area contributed by atoms with E-state index < -0.39 is 0 Å². The van der Waals surface area contributed by atoms with Crippen LogP contribution < -0.4 is 14.2 Å². The maximum absolute atomic E-state index is 10.0. The van der Waals surface area contributed by atoms with E-state index in [4.69, 9.17) is 14.2 Å². The molecule has 2 aromatic rings. The summed E-state index contributed by atoms with van der Waals surface area (Å²) in [5.74, 6) is 2.13. The Morgan fingerprint density at radius 2 is 1.78 bits per heavy atom. The number of methoxy groups -OCH3 is 1. The van der Waals surface area contributed by atoms with Gasteiger partial charge in [0.25, 0.3) is 0 Å². The molecule has 0 fully saturated rings. The number of hydrogen-bond donors (Lipinski definition) is 1. The summed E-state index contributed by atoms with van der Waals surface area (Å²) in [5.41, 5.74) is 0.625.